The van der Waals surface area contributed by atoms with Crippen molar-refractivity contribution >= 4 is 16.5 Å². The summed E-state index contributed by atoms with van der Waals surface area (Å²) in [5, 5.41) is 0. The van der Waals surface area contributed by atoms with E-state index < -0.39 is 16.5 Å². The minimum atomic E-state index is -1.06. The van der Waals surface area contributed by atoms with E-state index in [2.05, 4.69) is 50.2 Å². The Hall–Kier alpha value is 0.354. The minimum Gasteiger partial charge on any atom is -0.340 e. The van der Waals surface area contributed by atoms with Crippen molar-refractivity contribution in [2.24, 2.45) is 0 Å². The molecule has 0 aromatic heterocycles. The van der Waals surface area contributed by atoms with Gasteiger partial charge < -0.3 is 9.96 Å². The van der Waals surface area contributed by atoms with Crippen LogP contribution < -0.4 is 9.96 Å². The van der Waals surface area contributed by atoms with Gasteiger partial charge in [-0.05, 0) is 26.2 Å². The van der Waals surface area contributed by atoms with Crippen LogP contribution in [0.25, 0.3) is 0 Å². The third-order valence-corrected chi connectivity index (χ3v) is 8.94. The van der Waals surface area contributed by atoms with Gasteiger partial charge in [-0.2, -0.15) is 0 Å². The third-order valence-electron chi connectivity index (χ3n) is 2.73. The lowest BCUT2D eigenvalue weighted by atomic mass is 10.9. The Morgan fingerprint density at radius 3 is 1.17 bits per heavy atom. The highest BCUT2D eigenvalue weighted by Gasteiger charge is 2.24. The molecule has 0 amide bonds. The first-order chi connectivity index (χ1) is 5.33. The van der Waals surface area contributed by atoms with E-state index in [0.717, 1.165) is 0 Å². The zero-order valence-electron chi connectivity index (χ0n) is 9.41. The molecule has 0 radical (unpaired) electrons. The van der Waals surface area contributed by atoms with Gasteiger partial charge in [0.05, 0.1) is 0 Å². The molecule has 2 nitrogen and oxygen atoms in total. The zero-order chi connectivity index (χ0) is 9.83. The Labute approximate surface area is 79.3 Å². The van der Waals surface area contributed by atoms with Crippen LogP contribution in [-0.2, 0) is 0 Å². The average molecular weight is 204 g/mol. The first kappa shape index (κ1) is 12.4. The topological polar surface area (TPSA) is 24.1 Å². The molecule has 0 aliphatic rings. The molecule has 12 heavy (non-hydrogen) atoms. The lowest BCUT2D eigenvalue weighted by Gasteiger charge is -2.27. The van der Waals surface area contributed by atoms with Gasteiger partial charge >= 0.3 is 0 Å². The number of nitrogens with one attached hydrogen (secondary N) is 2. The van der Waals surface area contributed by atoms with Crippen LogP contribution in [0.1, 0.15) is 0 Å². The second-order valence-corrected chi connectivity index (χ2v) is 14.3. The van der Waals surface area contributed by atoms with Crippen molar-refractivity contribution in [1.82, 2.24) is 9.96 Å². The summed E-state index contributed by atoms with van der Waals surface area (Å²) < 4.78 is 0. The number of rotatable bonds is 5. The summed E-state index contributed by atoms with van der Waals surface area (Å²) in [6.45, 7) is 9.58. The van der Waals surface area contributed by atoms with Gasteiger partial charge in [0, 0.05) is 0 Å². The van der Waals surface area contributed by atoms with Crippen molar-refractivity contribution in [3.8, 4) is 0 Å². The highest BCUT2D eigenvalue weighted by atomic mass is 28.3. The van der Waals surface area contributed by atoms with Gasteiger partial charge in [0.1, 0.15) is 16.5 Å². The van der Waals surface area contributed by atoms with Gasteiger partial charge in [0.15, 0.2) is 0 Å². The van der Waals surface area contributed by atoms with E-state index in [1.54, 1.807) is 0 Å². The SMILES string of the molecule is CN[Si](C)(C)CC[Si](C)(C)NC. The maximum Gasteiger partial charge on any atom is 0.118 e. The molecule has 0 aromatic carbocycles. The Morgan fingerprint density at radius 2 is 1.00 bits per heavy atom. The molecule has 0 rings (SSSR count). The molecule has 0 aliphatic carbocycles. The van der Waals surface area contributed by atoms with Crippen LogP contribution in [0, 0.1) is 0 Å². The second kappa shape index (κ2) is 4.55. The molecule has 4 heteroatoms. The van der Waals surface area contributed by atoms with Crippen molar-refractivity contribution in [2.45, 2.75) is 38.3 Å². The molecule has 0 unspecified atom stereocenters. The largest absolute Gasteiger partial charge is 0.340 e. The highest BCUT2D eigenvalue weighted by molar-refractivity contribution is 6.80. The third kappa shape index (κ3) is 5.08. The van der Waals surface area contributed by atoms with Gasteiger partial charge in [-0.1, -0.05) is 26.2 Å². The van der Waals surface area contributed by atoms with E-state index in [-0.39, 0.29) is 0 Å². The molecule has 0 atom stereocenters. The van der Waals surface area contributed by atoms with Gasteiger partial charge in [-0.25, -0.2) is 0 Å². The summed E-state index contributed by atoms with van der Waals surface area (Å²) >= 11 is 0. The van der Waals surface area contributed by atoms with Gasteiger partial charge in [-0.3, -0.25) is 0 Å². The van der Waals surface area contributed by atoms with E-state index >= 15 is 0 Å². The maximum atomic E-state index is 3.47. The van der Waals surface area contributed by atoms with Gasteiger partial charge in [0.25, 0.3) is 0 Å². The predicted octanol–water partition coefficient (Wildman–Crippen LogP) is 1.84. The molecule has 0 aromatic rings. The Morgan fingerprint density at radius 1 is 0.750 bits per heavy atom. The lowest BCUT2D eigenvalue weighted by Crippen LogP contribution is -2.47. The fraction of sp³-hybridized carbons (Fsp3) is 1.00. The van der Waals surface area contributed by atoms with Crippen LogP contribution in [0.3, 0.4) is 0 Å². The summed E-state index contributed by atoms with van der Waals surface area (Å²) in [5.41, 5.74) is 0. The molecule has 0 bridgehead atoms. The summed E-state index contributed by atoms with van der Waals surface area (Å²) in [4.78, 5) is 6.94. The summed E-state index contributed by atoms with van der Waals surface area (Å²) in [6, 6.07) is 2.78. The van der Waals surface area contributed by atoms with Crippen molar-refractivity contribution < 1.29 is 0 Å². The minimum absolute atomic E-state index is 1.06. The van der Waals surface area contributed by atoms with Crippen molar-refractivity contribution in [3.05, 3.63) is 0 Å². The van der Waals surface area contributed by atoms with Crippen LogP contribution >= 0.6 is 0 Å². The van der Waals surface area contributed by atoms with Crippen LogP contribution in [-0.4, -0.2) is 30.6 Å². The number of hydrogen-bond acceptors (Lipinski definition) is 2. The molecule has 74 valence electrons. The molecular formula is C8H24N2Si2. The van der Waals surface area contributed by atoms with Crippen molar-refractivity contribution in [3.63, 3.8) is 0 Å². The monoisotopic (exact) mass is 204 g/mol. The van der Waals surface area contributed by atoms with E-state index in [1.165, 1.54) is 12.1 Å². The van der Waals surface area contributed by atoms with E-state index in [1.807, 2.05) is 0 Å². The zero-order valence-corrected chi connectivity index (χ0v) is 11.4. The van der Waals surface area contributed by atoms with Gasteiger partial charge in [0.2, 0.25) is 0 Å². The van der Waals surface area contributed by atoms with Crippen molar-refractivity contribution in [2.75, 3.05) is 14.1 Å². The summed E-state index contributed by atoms with van der Waals surface area (Å²) in [7, 11) is 2.08. The lowest BCUT2D eigenvalue weighted by molar-refractivity contribution is 1.06. The molecule has 2 N–H and O–H groups in total. The Kier molecular flexibility index (Phi) is 4.69. The van der Waals surface area contributed by atoms with E-state index in [9.17, 15) is 0 Å². The van der Waals surface area contributed by atoms with Crippen LogP contribution in [0.4, 0.5) is 0 Å². The molecule has 0 spiro atoms. The highest BCUT2D eigenvalue weighted by Crippen LogP contribution is 2.15. The molecule has 0 saturated carbocycles. The predicted molar refractivity (Wildman–Crippen MR) is 62.7 cm³/mol. The molecule has 0 aliphatic heterocycles. The average Bonchev–Trinajstić information content (AvgIpc) is 2.02. The standard InChI is InChI=1S/C8H24N2Si2/c1-9-11(3,4)7-8-12(5,6)10-2/h9-10H,7-8H2,1-6H3. The maximum absolute atomic E-state index is 3.47. The first-order valence-electron chi connectivity index (χ1n) is 4.71. The fourth-order valence-electron chi connectivity index (χ4n) is 0.875. The second-order valence-electron chi connectivity index (χ2n) is 4.77. The number of hydrogen-bond donors (Lipinski definition) is 2. The van der Waals surface area contributed by atoms with Crippen molar-refractivity contribution in [1.29, 1.82) is 0 Å². The van der Waals surface area contributed by atoms with Crippen LogP contribution in [0.15, 0.2) is 0 Å². The Bertz CT molecular complexity index is 119. The summed E-state index contributed by atoms with van der Waals surface area (Å²) in [6.07, 6.45) is 0. The smallest absolute Gasteiger partial charge is 0.118 e. The van der Waals surface area contributed by atoms with E-state index in [0.29, 0.717) is 0 Å². The quantitative estimate of drug-likeness (QED) is 0.668. The first-order valence-corrected chi connectivity index (χ1v) is 11.1. The summed E-state index contributed by atoms with van der Waals surface area (Å²) in [5.74, 6) is 0. The molecule has 0 heterocycles. The Balaban J connectivity index is 3.82. The molecule has 0 saturated heterocycles. The normalized spacial score (nSPS) is 13.5. The fourth-order valence-corrected chi connectivity index (χ4v) is 6.37. The van der Waals surface area contributed by atoms with Crippen LogP contribution in [0.5, 0.6) is 0 Å². The molecular weight excluding hydrogens is 180 g/mol. The van der Waals surface area contributed by atoms with Crippen LogP contribution in [0.2, 0.25) is 38.3 Å². The van der Waals surface area contributed by atoms with E-state index in [4.69, 9.17) is 0 Å². The van der Waals surface area contributed by atoms with Gasteiger partial charge in [-0.15, -0.1) is 0 Å². The molecule has 0 fully saturated rings.